The van der Waals surface area contributed by atoms with E-state index in [0.29, 0.717) is 5.69 Å². The Kier molecular flexibility index (Phi) is 2.63. The van der Waals surface area contributed by atoms with Crippen molar-refractivity contribution in [1.29, 1.82) is 0 Å². The number of carbonyl (C=O) groups excluding carboxylic acids is 1. The number of urea groups is 1. The van der Waals surface area contributed by atoms with E-state index >= 15 is 0 Å². The fourth-order valence-electron chi connectivity index (χ4n) is 0.760. The molecule has 0 radical (unpaired) electrons. The summed E-state index contributed by atoms with van der Waals surface area (Å²) < 4.78 is 12.5. The Hall–Kier alpha value is -1.58. The minimum absolute atomic E-state index is 0.361. The minimum Gasteiger partial charge on any atom is -0.341 e. The van der Waals surface area contributed by atoms with Crippen molar-refractivity contribution in [2.24, 2.45) is 0 Å². The van der Waals surface area contributed by atoms with E-state index in [4.69, 9.17) is 0 Å². The Morgan fingerprint density at radius 1 is 1.50 bits per heavy atom. The number of rotatable bonds is 1. The molecule has 1 aromatic rings. The number of carbonyl (C=O) groups is 1. The van der Waals surface area contributed by atoms with E-state index < -0.39 is 0 Å². The second-order valence-corrected chi connectivity index (χ2v) is 2.21. The lowest BCUT2D eigenvalue weighted by Gasteiger charge is -2.02. The average molecular weight is 168 g/mol. The maximum Gasteiger partial charge on any atom is 0.318 e. The number of anilines is 1. The molecule has 0 heterocycles. The summed E-state index contributed by atoms with van der Waals surface area (Å²) in [7, 11) is 1.49. The van der Waals surface area contributed by atoms with Crippen LogP contribution in [0.15, 0.2) is 24.3 Å². The second kappa shape index (κ2) is 3.71. The van der Waals surface area contributed by atoms with Crippen LogP contribution in [0, 0.1) is 5.82 Å². The molecule has 12 heavy (non-hydrogen) atoms. The van der Waals surface area contributed by atoms with Crippen LogP contribution in [0.3, 0.4) is 0 Å². The summed E-state index contributed by atoms with van der Waals surface area (Å²) in [5, 5.41) is 4.80. The Balaban J connectivity index is 2.69. The molecule has 0 bridgehead atoms. The summed E-state index contributed by atoms with van der Waals surface area (Å²) in [4.78, 5) is 10.7. The van der Waals surface area contributed by atoms with Gasteiger partial charge in [0.05, 0.1) is 0 Å². The first-order valence-electron chi connectivity index (χ1n) is 3.46. The van der Waals surface area contributed by atoms with E-state index in [1.54, 1.807) is 6.07 Å². The van der Waals surface area contributed by atoms with Gasteiger partial charge in [-0.25, -0.2) is 9.18 Å². The maximum atomic E-state index is 12.5. The van der Waals surface area contributed by atoms with E-state index in [1.807, 2.05) is 0 Å². The van der Waals surface area contributed by atoms with Gasteiger partial charge < -0.3 is 10.6 Å². The van der Waals surface area contributed by atoms with Gasteiger partial charge in [-0.1, -0.05) is 6.07 Å². The highest BCUT2D eigenvalue weighted by molar-refractivity contribution is 5.88. The molecule has 1 aromatic carbocycles. The summed E-state index contributed by atoms with van der Waals surface area (Å²) in [6.07, 6.45) is 0. The molecule has 0 aliphatic heterocycles. The highest BCUT2D eigenvalue weighted by atomic mass is 19.1. The molecule has 64 valence electrons. The van der Waals surface area contributed by atoms with Crippen molar-refractivity contribution in [2.45, 2.75) is 0 Å². The third kappa shape index (κ3) is 2.23. The molecule has 0 aromatic heterocycles. The van der Waals surface area contributed by atoms with Crippen molar-refractivity contribution in [3.05, 3.63) is 30.1 Å². The summed E-state index contributed by atoms with van der Waals surface area (Å²) in [6, 6.07) is 5.34. The van der Waals surface area contributed by atoms with E-state index in [2.05, 4.69) is 10.6 Å². The van der Waals surface area contributed by atoms with Gasteiger partial charge in [0.2, 0.25) is 0 Å². The molecule has 0 aliphatic rings. The van der Waals surface area contributed by atoms with Gasteiger partial charge in [0.15, 0.2) is 0 Å². The quantitative estimate of drug-likeness (QED) is 0.656. The standard InChI is InChI=1S/C8H9FN2O/c1-10-8(12)11-7-4-2-3-6(9)5-7/h2-5H,1H3,(H2,10,11,12). The summed E-state index contributed by atoms with van der Waals surface area (Å²) in [5.41, 5.74) is 0.439. The Morgan fingerprint density at radius 2 is 2.25 bits per heavy atom. The molecular weight excluding hydrogens is 159 g/mol. The highest BCUT2D eigenvalue weighted by Crippen LogP contribution is 2.08. The third-order valence-electron chi connectivity index (χ3n) is 1.31. The normalized spacial score (nSPS) is 9.17. The lowest BCUT2D eigenvalue weighted by molar-refractivity contribution is 0.254. The van der Waals surface area contributed by atoms with Crippen molar-refractivity contribution in [3.8, 4) is 0 Å². The lowest BCUT2D eigenvalue weighted by Crippen LogP contribution is -2.24. The van der Waals surface area contributed by atoms with E-state index in [-0.39, 0.29) is 11.8 Å². The van der Waals surface area contributed by atoms with Crippen LogP contribution in [0.25, 0.3) is 0 Å². The number of hydrogen-bond acceptors (Lipinski definition) is 1. The van der Waals surface area contributed by atoms with Crippen LogP contribution in [0.2, 0.25) is 0 Å². The van der Waals surface area contributed by atoms with Crippen LogP contribution in [0.5, 0.6) is 0 Å². The van der Waals surface area contributed by atoms with Crippen LogP contribution >= 0.6 is 0 Å². The van der Waals surface area contributed by atoms with Crippen molar-refractivity contribution in [2.75, 3.05) is 12.4 Å². The predicted octanol–water partition coefficient (Wildman–Crippen LogP) is 1.58. The van der Waals surface area contributed by atoms with Gasteiger partial charge in [-0.3, -0.25) is 0 Å². The van der Waals surface area contributed by atoms with Gasteiger partial charge in [-0.05, 0) is 18.2 Å². The van der Waals surface area contributed by atoms with Gasteiger partial charge in [0, 0.05) is 12.7 Å². The topological polar surface area (TPSA) is 41.1 Å². The molecule has 4 heteroatoms. The summed E-state index contributed by atoms with van der Waals surface area (Å²) in [6.45, 7) is 0. The van der Waals surface area contributed by atoms with Crippen LogP contribution < -0.4 is 10.6 Å². The number of nitrogens with one attached hydrogen (secondary N) is 2. The molecule has 0 saturated carbocycles. The van der Waals surface area contributed by atoms with Crippen molar-refractivity contribution in [3.63, 3.8) is 0 Å². The minimum atomic E-state index is -0.371. The molecule has 1 rings (SSSR count). The first-order chi connectivity index (χ1) is 5.72. The Bertz CT molecular complexity index is 288. The molecule has 3 nitrogen and oxygen atoms in total. The third-order valence-corrected chi connectivity index (χ3v) is 1.31. The zero-order chi connectivity index (χ0) is 8.97. The number of hydrogen-bond donors (Lipinski definition) is 2. The summed E-state index contributed by atoms with van der Waals surface area (Å²) in [5.74, 6) is -0.371. The van der Waals surface area contributed by atoms with Gasteiger partial charge in [-0.15, -0.1) is 0 Å². The zero-order valence-electron chi connectivity index (χ0n) is 6.60. The van der Waals surface area contributed by atoms with Crippen LogP contribution in [-0.4, -0.2) is 13.1 Å². The van der Waals surface area contributed by atoms with E-state index in [1.165, 1.54) is 25.2 Å². The number of amides is 2. The number of benzene rings is 1. The fourth-order valence-corrected chi connectivity index (χ4v) is 0.760. The van der Waals surface area contributed by atoms with Gasteiger partial charge in [-0.2, -0.15) is 0 Å². The maximum absolute atomic E-state index is 12.5. The van der Waals surface area contributed by atoms with Crippen LogP contribution in [-0.2, 0) is 0 Å². The molecular formula is C8H9FN2O. The van der Waals surface area contributed by atoms with Gasteiger partial charge in [0.25, 0.3) is 0 Å². The molecule has 0 saturated heterocycles. The molecule has 0 aliphatic carbocycles. The zero-order valence-corrected chi connectivity index (χ0v) is 6.60. The molecule has 0 fully saturated rings. The second-order valence-electron chi connectivity index (χ2n) is 2.21. The van der Waals surface area contributed by atoms with Crippen molar-refractivity contribution < 1.29 is 9.18 Å². The molecule has 2 amide bonds. The lowest BCUT2D eigenvalue weighted by atomic mass is 10.3. The van der Waals surface area contributed by atoms with Crippen molar-refractivity contribution in [1.82, 2.24) is 5.32 Å². The first-order valence-corrected chi connectivity index (χ1v) is 3.46. The average Bonchev–Trinajstić information content (AvgIpc) is 2.04. The molecule has 0 atom stereocenters. The van der Waals surface area contributed by atoms with E-state index in [0.717, 1.165) is 0 Å². The highest BCUT2D eigenvalue weighted by Gasteiger charge is 1.97. The number of halogens is 1. The fraction of sp³-hybridized carbons (Fsp3) is 0.125. The smallest absolute Gasteiger partial charge is 0.318 e. The van der Waals surface area contributed by atoms with Gasteiger partial charge in [0.1, 0.15) is 5.82 Å². The SMILES string of the molecule is CNC(=O)Nc1cccc(F)c1. The first kappa shape index (κ1) is 8.52. The van der Waals surface area contributed by atoms with Gasteiger partial charge >= 0.3 is 6.03 Å². The molecule has 2 N–H and O–H groups in total. The molecule has 0 spiro atoms. The Labute approximate surface area is 69.6 Å². The molecule has 0 unspecified atom stereocenters. The summed E-state index contributed by atoms with van der Waals surface area (Å²) >= 11 is 0. The monoisotopic (exact) mass is 168 g/mol. The van der Waals surface area contributed by atoms with Crippen LogP contribution in [0.4, 0.5) is 14.9 Å². The van der Waals surface area contributed by atoms with Crippen LogP contribution in [0.1, 0.15) is 0 Å². The van der Waals surface area contributed by atoms with Crippen molar-refractivity contribution >= 4 is 11.7 Å². The Morgan fingerprint density at radius 3 is 2.83 bits per heavy atom. The predicted molar refractivity (Wildman–Crippen MR) is 44.5 cm³/mol. The largest absolute Gasteiger partial charge is 0.341 e. The van der Waals surface area contributed by atoms with E-state index in [9.17, 15) is 9.18 Å².